The number of furan rings is 1. The Morgan fingerprint density at radius 1 is 1.10 bits per heavy atom. The fourth-order valence-electron chi connectivity index (χ4n) is 2.44. The average molecular weight is 264 g/mol. The van der Waals surface area contributed by atoms with Crippen LogP contribution in [0.2, 0.25) is 0 Å². The minimum atomic E-state index is 0.164. The third kappa shape index (κ3) is 2.14. The highest BCUT2D eigenvalue weighted by Gasteiger charge is 2.12. The summed E-state index contributed by atoms with van der Waals surface area (Å²) in [6, 6.07) is 15.8. The van der Waals surface area contributed by atoms with Crippen LogP contribution in [0.4, 0.5) is 0 Å². The zero-order chi connectivity index (χ0) is 14.1. The van der Waals surface area contributed by atoms with Crippen LogP contribution in [-0.4, -0.2) is 5.78 Å². The molecule has 100 valence electrons. The smallest absolute Gasteiger partial charge is 0.162 e. The van der Waals surface area contributed by atoms with E-state index in [0.29, 0.717) is 6.42 Å². The summed E-state index contributed by atoms with van der Waals surface area (Å²) in [5.41, 5.74) is 3.67. The molecule has 2 aromatic carbocycles. The molecule has 0 aliphatic carbocycles. The highest BCUT2D eigenvalue weighted by atomic mass is 16.3. The molecule has 0 spiro atoms. The van der Waals surface area contributed by atoms with Crippen LogP contribution in [0.1, 0.15) is 29.3 Å². The summed E-state index contributed by atoms with van der Waals surface area (Å²) < 4.78 is 5.94. The van der Waals surface area contributed by atoms with Crippen LogP contribution in [0, 0.1) is 6.92 Å². The van der Waals surface area contributed by atoms with Crippen molar-refractivity contribution in [2.24, 2.45) is 0 Å². The number of fused-ring (bicyclic) bond motifs is 1. The van der Waals surface area contributed by atoms with Gasteiger partial charge in [-0.3, -0.25) is 4.79 Å². The van der Waals surface area contributed by atoms with Gasteiger partial charge in [0.05, 0.1) is 0 Å². The van der Waals surface area contributed by atoms with Crippen molar-refractivity contribution in [1.82, 2.24) is 0 Å². The minimum absolute atomic E-state index is 0.164. The van der Waals surface area contributed by atoms with Gasteiger partial charge in [-0.1, -0.05) is 37.3 Å². The van der Waals surface area contributed by atoms with Gasteiger partial charge in [-0.15, -0.1) is 0 Å². The molecular formula is C18H16O2. The number of aryl methyl sites for hydroxylation is 1. The lowest BCUT2D eigenvalue weighted by Crippen LogP contribution is -1.96. The molecule has 0 bridgehead atoms. The molecule has 1 heterocycles. The van der Waals surface area contributed by atoms with Crippen LogP contribution in [0.15, 0.2) is 52.9 Å². The molecule has 2 heteroatoms. The van der Waals surface area contributed by atoms with Crippen molar-refractivity contribution in [3.8, 4) is 11.3 Å². The zero-order valence-electron chi connectivity index (χ0n) is 11.6. The minimum Gasteiger partial charge on any atom is -0.456 e. The highest BCUT2D eigenvalue weighted by Crippen LogP contribution is 2.30. The van der Waals surface area contributed by atoms with Crippen LogP contribution in [0.25, 0.3) is 22.3 Å². The molecular weight excluding hydrogens is 248 g/mol. The summed E-state index contributed by atoms with van der Waals surface area (Å²) >= 11 is 0. The molecule has 0 radical (unpaired) electrons. The number of benzene rings is 2. The normalized spacial score (nSPS) is 10.9. The van der Waals surface area contributed by atoms with Crippen molar-refractivity contribution in [2.45, 2.75) is 20.3 Å². The number of ketones is 1. The first-order valence-electron chi connectivity index (χ1n) is 6.82. The van der Waals surface area contributed by atoms with Gasteiger partial charge in [-0.25, -0.2) is 0 Å². The van der Waals surface area contributed by atoms with Crippen LogP contribution < -0.4 is 0 Å². The Labute approximate surface area is 118 Å². The molecule has 0 fully saturated rings. The van der Waals surface area contributed by atoms with E-state index >= 15 is 0 Å². The maximum atomic E-state index is 11.9. The Hall–Kier alpha value is -2.35. The Kier molecular flexibility index (Phi) is 3.15. The molecule has 1 aromatic heterocycles. The average Bonchev–Trinajstić information content (AvgIpc) is 2.92. The van der Waals surface area contributed by atoms with Gasteiger partial charge >= 0.3 is 0 Å². The fraction of sp³-hybridized carbons (Fsp3) is 0.167. The van der Waals surface area contributed by atoms with Crippen molar-refractivity contribution >= 4 is 16.8 Å². The van der Waals surface area contributed by atoms with E-state index in [1.54, 1.807) is 0 Å². The summed E-state index contributed by atoms with van der Waals surface area (Å²) in [4.78, 5) is 11.9. The molecule has 0 amide bonds. The van der Waals surface area contributed by atoms with Crippen molar-refractivity contribution < 1.29 is 9.21 Å². The summed E-state index contributed by atoms with van der Waals surface area (Å²) in [5.74, 6) is 1.00. The maximum Gasteiger partial charge on any atom is 0.162 e. The van der Waals surface area contributed by atoms with Crippen molar-refractivity contribution in [1.29, 1.82) is 0 Å². The molecule has 20 heavy (non-hydrogen) atoms. The van der Waals surface area contributed by atoms with Crippen LogP contribution in [0.5, 0.6) is 0 Å². The molecule has 0 N–H and O–H groups in total. The second-order valence-electron chi connectivity index (χ2n) is 4.96. The van der Waals surface area contributed by atoms with E-state index in [0.717, 1.165) is 33.4 Å². The second kappa shape index (κ2) is 4.97. The van der Waals surface area contributed by atoms with Crippen molar-refractivity contribution in [2.75, 3.05) is 0 Å². The number of carbonyl (C=O) groups is 1. The zero-order valence-corrected chi connectivity index (χ0v) is 11.6. The Morgan fingerprint density at radius 2 is 1.85 bits per heavy atom. The van der Waals surface area contributed by atoms with Gasteiger partial charge in [0.25, 0.3) is 0 Å². The Bertz CT molecular complexity index is 767. The monoisotopic (exact) mass is 264 g/mol. The molecule has 2 nitrogen and oxygen atoms in total. The van der Waals surface area contributed by atoms with E-state index in [9.17, 15) is 4.79 Å². The number of hydrogen-bond donors (Lipinski definition) is 0. The number of rotatable bonds is 3. The first kappa shape index (κ1) is 12.7. The van der Waals surface area contributed by atoms with Gasteiger partial charge in [0, 0.05) is 22.9 Å². The number of carbonyl (C=O) groups excluding carboxylic acids is 1. The quantitative estimate of drug-likeness (QED) is 0.623. The first-order valence-corrected chi connectivity index (χ1v) is 6.82. The summed E-state index contributed by atoms with van der Waals surface area (Å²) in [6.45, 7) is 3.86. The molecule has 0 saturated heterocycles. The van der Waals surface area contributed by atoms with Crippen LogP contribution in [0.3, 0.4) is 0 Å². The largest absolute Gasteiger partial charge is 0.456 e. The van der Waals surface area contributed by atoms with E-state index < -0.39 is 0 Å². The number of hydrogen-bond acceptors (Lipinski definition) is 2. The first-order chi connectivity index (χ1) is 9.69. The van der Waals surface area contributed by atoms with E-state index in [2.05, 4.69) is 0 Å². The molecule has 0 saturated carbocycles. The highest BCUT2D eigenvalue weighted by molar-refractivity contribution is 6.00. The Morgan fingerprint density at radius 3 is 2.55 bits per heavy atom. The van der Waals surface area contributed by atoms with E-state index in [4.69, 9.17) is 4.42 Å². The lowest BCUT2D eigenvalue weighted by molar-refractivity contribution is 0.0988. The van der Waals surface area contributed by atoms with E-state index in [1.807, 2.05) is 62.4 Å². The molecule has 3 aromatic rings. The van der Waals surface area contributed by atoms with Crippen molar-refractivity contribution in [3.63, 3.8) is 0 Å². The predicted molar refractivity (Wildman–Crippen MR) is 81.0 cm³/mol. The molecule has 3 rings (SSSR count). The van der Waals surface area contributed by atoms with Gasteiger partial charge in [-0.2, -0.15) is 0 Å². The van der Waals surface area contributed by atoms with E-state index in [-0.39, 0.29) is 5.78 Å². The second-order valence-corrected chi connectivity index (χ2v) is 4.96. The standard InChI is InChI=1S/C18H16O2/c1-3-16(19)14-9-12(2)18-15(10-14)11-17(20-18)13-7-5-4-6-8-13/h4-11H,3H2,1-2H3. The third-order valence-electron chi connectivity index (χ3n) is 3.50. The Balaban J connectivity index is 2.16. The lowest BCUT2D eigenvalue weighted by atomic mass is 10.0. The molecule has 0 aliphatic rings. The molecule has 0 atom stereocenters. The topological polar surface area (TPSA) is 30.2 Å². The summed E-state index contributed by atoms with van der Waals surface area (Å²) in [7, 11) is 0. The summed E-state index contributed by atoms with van der Waals surface area (Å²) in [6.07, 6.45) is 0.522. The third-order valence-corrected chi connectivity index (χ3v) is 3.50. The van der Waals surface area contributed by atoms with Crippen LogP contribution >= 0.6 is 0 Å². The van der Waals surface area contributed by atoms with E-state index in [1.165, 1.54) is 0 Å². The van der Waals surface area contributed by atoms with Crippen molar-refractivity contribution in [3.05, 3.63) is 59.7 Å². The van der Waals surface area contributed by atoms with Gasteiger partial charge in [0.15, 0.2) is 5.78 Å². The molecule has 0 unspecified atom stereocenters. The fourth-order valence-corrected chi connectivity index (χ4v) is 2.44. The van der Waals surface area contributed by atoms with Gasteiger partial charge in [0.1, 0.15) is 11.3 Å². The molecule has 0 aliphatic heterocycles. The van der Waals surface area contributed by atoms with Gasteiger partial charge in [0.2, 0.25) is 0 Å². The van der Waals surface area contributed by atoms with Crippen LogP contribution in [-0.2, 0) is 0 Å². The maximum absolute atomic E-state index is 11.9. The SMILES string of the molecule is CCC(=O)c1cc(C)c2oc(-c3ccccc3)cc2c1. The van der Waals surface area contributed by atoms with Gasteiger partial charge in [-0.05, 0) is 30.7 Å². The predicted octanol–water partition coefficient (Wildman–Crippen LogP) is 5.00. The lowest BCUT2D eigenvalue weighted by Gasteiger charge is -2.00. The van der Waals surface area contributed by atoms with Gasteiger partial charge < -0.3 is 4.42 Å². The number of Topliss-reactive ketones (excluding diaryl/α,β-unsaturated/α-hetero) is 1. The summed E-state index contributed by atoms with van der Waals surface area (Å²) in [5, 5.41) is 0.987.